The highest BCUT2D eigenvalue weighted by Crippen LogP contribution is 2.23. The zero-order valence-electron chi connectivity index (χ0n) is 16.5. The van der Waals surface area contributed by atoms with E-state index in [0.29, 0.717) is 16.9 Å². The minimum atomic E-state index is -0.0191. The van der Waals surface area contributed by atoms with Gasteiger partial charge in [0.15, 0.2) is 5.82 Å². The second-order valence-electron chi connectivity index (χ2n) is 7.01. The molecule has 2 N–H and O–H groups in total. The Bertz CT molecular complexity index is 890. The summed E-state index contributed by atoms with van der Waals surface area (Å²) < 4.78 is 0. The average Bonchev–Trinajstić information content (AvgIpc) is 3.20. The zero-order chi connectivity index (χ0) is 19.9. The van der Waals surface area contributed by atoms with Crippen molar-refractivity contribution >= 4 is 17.7 Å². The number of carbonyl (C=O) groups is 1. The maximum atomic E-state index is 12.5. The smallest absolute Gasteiger partial charge is 0.230 e. The molecular weight excluding hydrogens is 368 g/mol. The molecule has 146 valence electrons. The zero-order valence-corrected chi connectivity index (χ0v) is 17.3. The minimum absolute atomic E-state index is 0.00831. The Morgan fingerprint density at radius 3 is 2.46 bits per heavy atom. The van der Waals surface area contributed by atoms with Crippen molar-refractivity contribution in [2.75, 3.05) is 5.75 Å². The molecule has 0 unspecified atom stereocenters. The second kappa shape index (κ2) is 9.55. The van der Waals surface area contributed by atoms with Gasteiger partial charge in [0.25, 0.3) is 0 Å². The first-order valence-corrected chi connectivity index (χ1v) is 10.5. The molecule has 0 aliphatic heterocycles. The van der Waals surface area contributed by atoms with E-state index in [1.165, 1.54) is 17.3 Å². The van der Waals surface area contributed by atoms with Crippen molar-refractivity contribution in [3.05, 3.63) is 65.7 Å². The Hall–Kier alpha value is -2.60. The Morgan fingerprint density at radius 2 is 1.82 bits per heavy atom. The Kier molecular flexibility index (Phi) is 6.87. The van der Waals surface area contributed by atoms with Crippen LogP contribution in [0.5, 0.6) is 0 Å². The van der Waals surface area contributed by atoms with E-state index < -0.39 is 0 Å². The number of aryl methyl sites for hydroxylation is 1. The lowest BCUT2D eigenvalue weighted by atomic mass is 9.95. The van der Waals surface area contributed by atoms with Crippen molar-refractivity contribution in [2.24, 2.45) is 5.92 Å². The summed E-state index contributed by atoms with van der Waals surface area (Å²) in [6.45, 7) is 6.38. The maximum absolute atomic E-state index is 12.5. The van der Waals surface area contributed by atoms with Gasteiger partial charge in [0.2, 0.25) is 11.1 Å². The number of rotatable bonds is 8. The SMILES string of the molecule is CCc1ccc([C@@H](NC(=O)CSc2n[nH]c(-c3ccccc3)n2)C(C)C)cc1. The van der Waals surface area contributed by atoms with Gasteiger partial charge < -0.3 is 5.32 Å². The highest BCUT2D eigenvalue weighted by molar-refractivity contribution is 7.99. The predicted molar refractivity (Wildman–Crippen MR) is 114 cm³/mol. The molecule has 1 aromatic heterocycles. The van der Waals surface area contributed by atoms with Crippen LogP contribution in [0.25, 0.3) is 11.4 Å². The number of amides is 1. The third-order valence-corrected chi connectivity index (χ3v) is 5.42. The van der Waals surface area contributed by atoms with Crippen LogP contribution in [0.2, 0.25) is 0 Å². The summed E-state index contributed by atoms with van der Waals surface area (Å²) in [6, 6.07) is 18.3. The topological polar surface area (TPSA) is 70.7 Å². The van der Waals surface area contributed by atoms with E-state index in [0.717, 1.165) is 17.5 Å². The van der Waals surface area contributed by atoms with Crippen molar-refractivity contribution in [3.63, 3.8) is 0 Å². The molecule has 1 amide bonds. The molecule has 0 aliphatic rings. The van der Waals surface area contributed by atoms with Crippen molar-refractivity contribution < 1.29 is 4.79 Å². The van der Waals surface area contributed by atoms with Crippen LogP contribution in [-0.4, -0.2) is 26.8 Å². The first-order valence-electron chi connectivity index (χ1n) is 9.55. The molecule has 0 saturated carbocycles. The third kappa shape index (κ3) is 5.23. The largest absolute Gasteiger partial charge is 0.348 e. The van der Waals surface area contributed by atoms with E-state index in [1.54, 1.807) is 0 Å². The number of hydrogen-bond donors (Lipinski definition) is 2. The van der Waals surface area contributed by atoms with Gasteiger partial charge in [-0.25, -0.2) is 4.98 Å². The Labute approximate surface area is 170 Å². The number of aromatic nitrogens is 3. The number of aromatic amines is 1. The molecule has 0 fully saturated rings. The van der Waals surface area contributed by atoms with Crippen molar-refractivity contribution in [3.8, 4) is 11.4 Å². The fraction of sp³-hybridized carbons (Fsp3) is 0.318. The summed E-state index contributed by atoms with van der Waals surface area (Å²) in [6.07, 6.45) is 1.01. The van der Waals surface area contributed by atoms with Gasteiger partial charge in [0, 0.05) is 5.56 Å². The standard InChI is InChI=1S/C22H26N4OS/c1-4-16-10-12-17(13-11-16)20(15(2)3)23-19(27)14-28-22-24-21(25-26-22)18-8-6-5-7-9-18/h5-13,15,20H,4,14H2,1-3H3,(H,23,27)(H,24,25,26)/t20-/m0/s1. The van der Waals surface area contributed by atoms with Crippen molar-refractivity contribution in [2.45, 2.75) is 38.4 Å². The molecule has 1 atom stereocenters. The molecule has 0 aliphatic carbocycles. The van der Waals surface area contributed by atoms with E-state index in [-0.39, 0.29) is 17.7 Å². The molecule has 0 bridgehead atoms. The number of benzene rings is 2. The van der Waals surface area contributed by atoms with Gasteiger partial charge in [-0.1, -0.05) is 87.1 Å². The second-order valence-corrected chi connectivity index (χ2v) is 7.95. The van der Waals surface area contributed by atoms with E-state index in [2.05, 4.69) is 65.5 Å². The van der Waals surface area contributed by atoms with Gasteiger partial charge in [0.05, 0.1) is 11.8 Å². The van der Waals surface area contributed by atoms with Crippen LogP contribution in [0, 0.1) is 5.92 Å². The summed E-state index contributed by atoms with van der Waals surface area (Å²) in [7, 11) is 0. The van der Waals surface area contributed by atoms with Crippen LogP contribution >= 0.6 is 11.8 Å². The van der Waals surface area contributed by atoms with Gasteiger partial charge >= 0.3 is 0 Å². The Morgan fingerprint density at radius 1 is 1.11 bits per heavy atom. The quantitative estimate of drug-likeness (QED) is 0.546. The highest BCUT2D eigenvalue weighted by atomic mass is 32.2. The van der Waals surface area contributed by atoms with Crippen LogP contribution in [0.1, 0.15) is 37.9 Å². The normalized spacial score (nSPS) is 12.1. The van der Waals surface area contributed by atoms with E-state index in [9.17, 15) is 4.79 Å². The fourth-order valence-corrected chi connectivity index (χ4v) is 3.59. The molecule has 0 radical (unpaired) electrons. The van der Waals surface area contributed by atoms with E-state index in [4.69, 9.17) is 0 Å². The molecule has 5 nitrogen and oxygen atoms in total. The molecule has 6 heteroatoms. The molecule has 3 rings (SSSR count). The summed E-state index contributed by atoms with van der Waals surface area (Å²) in [5.41, 5.74) is 3.41. The lowest BCUT2D eigenvalue weighted by Crippen LogP contribution is -2.33. The third-order valence-electron chi connectivity index (χ3n) is 4.57. The lowest BCUT2D eigenvalue weighted by molar-refractivity contribution is -0.119. The van der Waals surface area contributed by atoms with Crippen molar-refractivity contribution in [1.82, 2.24) is 20.5 Å². The molecular formula is C22H26N4OS. The average molecular weight is 395 g/mol. The number of H-pyrrole nitrogens is 1. The summed E-state index contributed by atoms with van der Waals surface area (Å²) in [5, 5.41) is 10.9. The van der Waals surface area contributed by atoms with Gasteiger partial charge in [-0.05, 0) is 23.5 Å². The van der Waals surface area contributed by atoms with Gasteiger partial charge in [-0.2, -0.15) is 0 Å². The molecule has 0 saturated heterocycles. The summed E-state index contributed by atoms with van der Waals surface area (Å²) in [4.78, 5) is 17.0. The fourth-order valence-electron chi connectivity index (χ4n) is 2.98. The van der Waals surface area contributed by atoms with Gasteiger partial charge in [-0.3, -0.25) is 9.89 Å². The molecule has 2 aromatic carbocycles. The van der Waals surface area contributed by atoms with Crippen LogP contribution in [0.4, 0.5) is 0 Å². The first kappa shape index (κ1) is 20.1. The summed E-state index contributed by atoms with van der Waals surface area (Å²) in [5.74, 6) is 1.27. The van der Waals surface area contributed by atoms with Crippen LogP contribution in [0.3, 0.4) is 0 Å². The predicted octanol–water partition coefficient (Wildman–Crippen LogP) is 4.64. The molecule has 0 spiro atoms. The van der Waals surface area contributed by atoms with Crippen LogP contribution in [-0.2, 0) is 11.2 Å². The minimum Gasteiger partial charge on any atom is -0.348 e. The Balaban J connectivity index is 1.58. The van der Waals surface area contributed by atoms with Gasteiger partial charge in [0.1, 0.15) is 0 Å². The van der Waals surface area contributed by atoms with Crippen LogP contribution in [0.15, 0.2) is 59.8 Å². The van der Waals surface area contributed by atoms with Crippen LogP contribution < -0.4 is 5.32 Å². The summed E-state index contributed by atoms with van der Waals surface area (Å²) >= 11 is 1.33. The van der Waals surface area contributed by atoms with Crippen molar-refractivity contribution in [1.29, 1.82) is 0 Å². The molecule has 1 heterocycles. The maximum Gasteiger partial charge on any atom is 0.230 e. The van der Waals surface area contributed by atoms with Gasteiger partial charge in [-0.15, -0.1) is 5.10 Å². The first-order chi connectivity index (χ1) is 13.6. The lowest BCUT2D eigenvalue weighted by Gasteiger charge is -2.23. The molecule has 3 aromatic rings. The van der Waals surface area contributed by atoms with E-state index >= 15 is 0 Å². The number of nitrogens with zero attached hydrogens (tertiary/aromatic N) is 2. The number of carbonyl (C=O) groups excluding carboxylic acids is 1. The number of hydrogen-bond acceptors (Lipinski definition) is 4. The number of thioether (sulfide) groups is 1. The molecule has 28 heavy (non-hydrogen) atoms. The number of nitrogens with one attached hydrogen (secondary N) is 2. The van der Waals surface area contributed by atoms with E-state index in [1.807, 2.05) is 30.3 Å². The highest BCUT2D eigenvalue weighted by Gasteiger charge is 2.19. The monoisotopic (exact) mass is 394 g/mol.